The smallest absolute Gasteiger partial charge is 0.264 e. The Balaban J connectivity index is 2.02. The van der Waals surface area contributed by atoms with E-state index in [9.17, 15) is 13.5 Å². The maximum absolute atomic E-state index is 13.1. The first-order valence-corrected chi connectivity index (χ1v) is 9.08. The Morgan fingerprint density at radius 1 is 1.08 bits per heavy atom. The van der Waals surface area contributed by atoms with E-state index in [2.05, 4.69) is 0 Å². The number of aliphatic hydroxyl groups is 1. The molecule has 0 fully saturated rings. The first kappa shape index (κ1) is 16.6. The maximum atomic E-state index is 13.1. The highest BCUT2D eigenvalue weighted by atomic mass is 32.2. The molecule has 0 saturated heterocycles. The number of para-hydroxylation sites is 1. The SMILES string of the molecule is C[C@@H](O)CN(c1ccccc1)S(=O)(=O)c1ccc2c(c1)OCCO2. The van der Waals surface area contributed by atoms with E-state index in [0.29, 0.717) is 30.4 Å². The third-order valence-electron chi connectivity index (χ3n) is 3.58. The number of hydrogen-bond acceptors (Lipinski definition) is 5. The highest BCUT2D eigenvalue weighted by Gasteiger charge is 2.27. The van der Waals surface area contributed by atoms with Gasteiger partial charge in [-0.05, 0) is 31.2 Å². The molecule has 1 aliphatic rings. The number of anilines is 1. The first-order valence-electron chi connectivity index (χ1n) is 7.64. The molecule has 128 valence electrons. The number of sulfonamides is 1. The summed E-state index contributed by atoms with van der Waals surface area (Å²) in [7, 11) is -3.84. The molecule has 1 atom stereocenters. The standard InChI is InChI=1S/C17H19NO5S/c1-13(19)12-18(14-5-3-2-4-6-14)24(20,21)15-7-8-16-17(11-15)23-10-9-22-16/h2-8,11,13,19H,9-10,12H2,1H3/t13-/m1/s1. The molecular formula is C17H19NO5S. The molecule has 3 rings (SSSR count). The van der Waals surface area contributed by atoms with Crippen molar-refractivity contribution < 1.29 is 23.0 Å². The van der Waals surface area contributed by atoms with Crippen LogP contribution in [0.5, 0.6) is 11.5 Å². The Morgan fingerprint density at radius 2 is 1.75 bits per heavy atom. The number of hydrogen-bond donors (Lipinski definition) is 1. The summed E-state index contributed by atoms with van der Waals surface area (Å²) in [4.78, 5) is 0.0938. The van der Waals surface area contributed by atoms with E-state index in [1.807, 2.05) is 0 Å². The zero-order valence-electron chi connectivity index (χ0n) is 13.3. The molecule has 0 radical (unpaired) electrons. The lowest BCUT2D eigenvalue weighted by atomic mass is 10.3. The van der Waals surface area contributed by atoms with Gasteiger partial charge in [0.05, 0.1) is 23.2 Å². The molecule has 2 aromatic carbocycles. The molecule has 24 heavy (non-hydrogen) atoms. The van der Waals surface area contributed by atoms with Crippen LogP contribution in [0.4, 0.5) is 5.69 Å². The van der Waals surface area contributed by atoms with E-state index >= 15 is 0 Å². The Morgan fingerprint density at radius 3 is 2.42 bits per heavy atom. The van der Waals surface area contributed by atoms with Crippen molar-refractivity contribution >= 4 is 15.7 Å². The summed E-state index contributed by atoms with van der Waals surface area (Å²) in [5, 5.41) is 9.74. The Labute approximate surface area is 141 Å². The molecule has 6 nitrogen and oxygen atoms in total. The molecule has 7 heteroatoms. The first-order chi connectivity index (χ1) is 11.5. The fourth-order valence-corrected chi connectivity index (χ4v) is 4.05. The van der Waals surface area contributed by atoms with Gasteiger partial charge in [0, 0.05) is 6.07 Å². The van der Waals surface area contributed by atoms with Gasteiger partial charge in [0.25, 0.3) is 10.0 Å². The van der Waals surface area contributed by atoms with Gasteiger partial charge in [-0.3, -0.25) is 4.31 Å². The lowest BCUT2D eigenvalue weighted by Gasteiger charge is -2.26. The summed E-state index contributed by atoms with van der Waals surface area (Å²) in [5.41, 5.74) is 0.494. The Kier molecular flexibility index (Phi) is 4.64. The van der Waals surface area contributed by atoms with Gasteiger partial charge < -0.3 is 14.6 Å². The molecule has 0 aromatic heterocycles. The van der Waals surface area contributed by atoms with Crippen LogP contribution in [-0.2, 0) is 10.0 Å². The van der Waals surface area contributed by atoms with Crippen LogP contribution in [0.15, 0.2) is 53.4 Å². The van der Waals surface area contributed by atoms with Gasteiger partial charge in [0.2, 0.25) is 0 Å². The van der Waals surface area contributed by atoms with Crippen LogP contribution in [0.2, 0.25) is 0 Å². The van der Waals surface area contributed by atoms with Gasteiger partial charge in [-0.15, -0.1) is 0 Å². The molecule has 1 N–H and O–H groups in total. The summed E-state index contributed by atoms with van der Waals surface area (Å²) in [6, 6.07) is 13.2. The fraction of sp³-hybridized carbons (Fsp3) is 0.294. The number of nitrogens with zero attached hydrogens (tertiary/aromatic N) is 1. The number of benzene rings is 2. The zero-order chi connectivity index (χ0) is 17.2. The number of ether oxygens (including phenoxy) is 2. The van der Waals surface area contributed by atoms with Crippen molar-refractivity contribution in [1.29, 1.82) is 0 Å². The second-order valence-electron chi connectivity index (χ2n) is 5.53. The van der Waals surface area contributed by atoms with E-state index in [0.717, 1.165) is 0 Å². The van der Waals surface area contributed by atoms with Crippen molar-refractivity contribution in [2.24, 2.45) is 0 Å². The molecule has 0 spiro atoms. The van der Waals surface area contributed by atoms with Gasteiger partial charge in [0.1, 0.15) is 13.2 Å². The molecule has 0 bridgehead atoms. The van der Waals surface area contributed by atoms with Crippen LogP contribution in [0.3, 0.4) is 0 Å². The van der Waals surface area contributed by atoms with E-state index in [4.69, 9.17) is 9.47 Å². The van der Waals surface area contributed by atoms with Crippen LogP contribution < -0.4 is 13.8 Å². The van der Waals surface area contributed by atoms with Crippen LogP contribution in [0.25, 0.3) is 0 Å². The molecular weight excluding hydrogens is 330 g/mol. The lowest BCUT2D eigenvalue weighted by Crippen LogP contribution is -2.36. The minimum absolute atomic E-state index is 0.0409. The minimum atomic E-state index is -3.84. The largest absolute Gasteiger partial charge is 0.486 e. The van der Waals surface area contributed by atoms with E-state index < -0.39 is 16.1 Å². The summed E-state index contributed by atoms with van der Waals surface area (Å²) in [5.74, 6) is 0.939. The number of fused-ring (bicyclic) bond motifs is 1. The monoisotopic (exact) mass is 349 g/mol. The average Bonchev–Trinajstić information content (AvgIpc) is 2.59. The number of rotatable bonds is 5. The van der Waals surface area contributed by atoms with Gasteiger partial charge in [0.15, 0.2) is 11.5 Å². The van der Waals surface area contributed by atoms with Gasteiger partial charge in [-0.2, -0.15) is 0 Å². The van der Waals surface area contributed by atoms with E-state index in [1.165, 1.54) is 16.4 Å². The second kappa shape index (κ2) is 6.70. The van der Waals surface area contributed by atoms with Crippen LogP contribution in [0.1, 0.15) is 6.92 Å². The van der Waals surface area contributed by atoms with Gasteiger partial charge in [-0.25, -0.2) is 8.42 Å². The van der Waals surface area contributed by atoms with Crippen molar-refractivity contribution in [3.05, 3.63) is 48.5 Å². The molecule has 1 heterocycles. The molecule has 1 aliphatic heterocycles. The molecule has 0 unspecified atom stereocenters. The molecule has 0 aliphatic carbocycles. The Hall–Kier alpha value is -2.25. The normalized spacial score (nSPS) is 14.9. The Bertz CT molecular complexity index is 805. The van der Waals surface area contributed by atoms with Crippen molar-refractivity contribution in [3.63, 3.8) is 0 Å². The molecule has 0 saturated carbocycles. The second-order valence-corrected chi connectivity index (χ2v) is 7.39. The van der Waals surface area contributed by atoms with E-state index in [-0.39, 0.29) is 11.4 Å². The summed E-state index contributed by atoms with van der Waals surface area (Å²) in [6.45, 7) is 2.33. The van der Waals surface area contributed by atoms with Crippen LogP contribution >= 0.6 is 0 Å². The van der Waals surface area contributed by atoms with Crippen molar-refractivity contribution in [1.82, 2.24) is 0 Å². The average molecular weight is 349 g/mol. The van der Waals surface area contributed by atoms with Gasteiger partial charge >= 0.3 is 0 Å². The van der Waals surface area contributed by atoms with Crippen molar-refractivity contribution in [2.45, 2.75) is 17.9 Å². The summed E-state index contributed by atoms with van der Waals surface area (Å²) < 4.78 is 38.2. The van der Waals surface area contributed by atoms with Crippen molar-refractivity contribution in [3.8, 4) is 11.5 Å². The lowest BCUT2D eigenvalue weighted by molar-refractivity contribution is 0.171. The quantitative estimate of drug-likeness (QED) is 0.894. The fourth-order valence-electron chi connectivity index (χ4n) is 2.49. The highest BCUT2D eigenvalue weighted by molar-refractivity contribution is 7.92. The number of aliphatic hydroxyl groups excluding tert-OH is 1. The zero-order valence-corrected chi connectivity index (χ0v) is 14.1. The third kappa shape index (κ3) is 3.32. The maximum Gasteiger partial charge on any atom is 0.264 e. The summed E-state index contributed by atoms with van der Waals surface area (Å²) in [6.07, 6.45) is -0.808. The van der Waals surface area contributed by atoms with Crippen LogP contribution in [0, 0.1) is 0 Å². The highest BCUT2D eigenvalue weighted by Crippen LogP contribution is 2.34. The van der Waals surface area contributed by atoms with Gasteiger partial charge in [-0.1, -0.05) is 18.2 Å². The predicted octanol–water partition coefficient (Wildman–Crippen LogP) is 2.03. The molecule has 0 amide bonds. The topological polar surface area (TPSA) is 76.1 Å². The van der Waals surface area contributed by atoms with E-state index in [1.54, 1.807) is 43.3 Å². The van der Waals surface area contributed by atoms with Crippen molar-refractivity contribution in [2.75, 3.05) is 24.1 Å². The summed E-state index contributed by atoms with van der Waals surface area (Å²) >= 11 is 0. The third-order valence-corrected chi connectivity index (χ3v) is 5.37. The predicted molar refractivity (Wildman–Crippen MR) is 90.1 cm³/mol. The van der Waals surface area contributed by atoms with Crippen LogP contribution in [-0.4, -0.2) is 39.4 Å². The molecule has 2 aromatic rings. The minimum Gasteiger partial charge on any atom is -0.486 e.